The van der Waals surface area contributed by atoms with Crippen molar-refractivity contribution in [3.05, 3.63) is 11.5 Å². The molecule has 1 aromatic heterocycles. The Labute approximate surface area is 94.6 Å². The van der Waals surface area contributed by atoms with Gasteiger partial charge in [-0.25, -0.2) is 9.78 Å². The van der Waals surface area contributed by atoms with Gasteiger partial charge in [0.15, 0.2) is 5.69 Å². The van der Waals surface area contributed by atoms with Crippen LogP contribution in [-0.4, -0.2) is 22.6 Å². The lowest BCUT2D eigenvalue weighted by Gasteiger charge is -2.07. The van der Waals surface area contributed by atoms with Gasteiger partial charge >= 0.3 is 5.97 Å². The Hall–Kier alpha value is -1.52. The van der Waals surface area contributed by atoms with Crippen LogP contribution in [0, 0.1) is 5.92 Å². The molecule has 0 bridgehead atoms. The Morgan fingerprint density at radius 3 is 2.75 bits per heavy atom. The van der Waals surface area contributed by atoms with E-state index < -0.39 is 5.97 Å². The first-order chi connectivity index (χ1) is 7.60. The highest BCUT2D eigenvalue weighted by molar-refractivity contribution is 5.92. The lowest BCUT2D eigenvalue weighted by Crippen LogP contribution is -2.08. The number of hydrogen-bond donors (Lipinski definition) is 1. The number of nitrogens with zero attached hydrogens (tertiary/aromatic N) is 2. The third-order valence-corrected chi connectivity index (χ3v) is 3.11. The molecule has 0 amide bonds. The Balaban J connectivity index is 2.43. The molecule has 0 radical (unpaired) electrons. The van der Waals surface area contributed by atoms with E-state index in [4.69, 9.17) is 5.73 Å². The number of nitrogen functional groups attached to an aromatic ring is 1. The summed E-state index contributed by atoms with van der Waals surface area (Å²) in [5.74, 6) is 1.47. The lowest BCUT2D eigenvalue weighted by molar-refractivity contribution is 0.0595. The van der Waals surface area contributed by atoms with Crippen LogP contribution in [0.5, 0.6) is 0 Å². The topological polar surface area (TPSA) is 70.1 Å². The molecular weight excluding hydrogens is 206 g/mol. The average Bonchev–Trinajstić information content (AvgIpc) is 2.88. The van der Waals surface area contributed by atoms with Crippen LogP contribution in [0.3, 0.4) is 0 Å². The molecule has 2 N–H and O–H groups in total. The summed E-state index contributed by atoms with van der Waals surface area (Å²) in [6.45, 7) is 4.17. The molecule has 1 aromatic rings. The number of hydrogen-bond acceptors (Lipinski definition) is 4. The fourth-order valence-corrected chi connectivity index (χ4v) is 2.02. The molecule has 0 aromatic carbocycles. The minimum absolute atomic E-state index is 0.249. The van der Waals surface area contributed by atoms with Gasteiger partial charge in [0, 0.05) is 12.5 Å². The number of ether oxygens (including phenoxy) is 1. The minimum atomic E-state index is -0.459. The Morgan fingerprint density at radius 2 is 2.31 bits per heavy atom. The summed E-state index contributed by atoms with van der Waals surface area (Å²) in [6.07, 6.45) is 1.87. The number of rotatable bonds is 3. The summed E-state index contributed by atoms with van der Waals surface area (Å²) in [5, 5.41) is 0. The largest absolute Gasteiger partial charge is 0.464 e. The number of methoxy groups -OCH3 is 1. The van der Waals surface area contributed by atoms with Crippen molar-refractivity contribution in [2.45, 2.75) is 32.7 Å². The normalized spacial score (nSPS) is 23.2. The van der Waals surface area contributed by atoms with Gasteiger partial charge in [0.05, 0.1) is 7.11 Å². The number of imidazole rings is 1. The molecule has 1 fully saturated rings. The highest BCUT2D eigenvalue weighted by Crippen LogP contribution is 2.45. The first kappa shape index (κ1) is 11.0. The monoisotopic (exact) mass is 223 g/mol. The third kappa shape index (κ3) is 1.56. The molecule has 16 heavy (non-hydrogen) atoms. The zero-order chi connectivity index (χ0) is 11.9. The average molecular weight is 223 g/mol. The maximum Gasteiger partial charge on any atom is 0.360 e. The van der Waals surface area contributed by atoms with E-state index in [2.05, 4.69) is 16.6 Å². The summed E-state index contributed by atoms with van der Waals surface area (Å²) >= 11 is 0. The zero-order valence-corrected chi connectivity index (χ0v) is 9.86. The second-order valence-electron chi connectivity index (χ2n) is 4.26. The lowest BCUT2D eigenvalue weighted by atomic mass is 10.4. The van der Waals surface area contributed by atoms with Gasteiger partial charge in [0.1, 0.15) is 11.6 Å². The molecule has 1 saturated carbocycles. The molecule has 5 nitrogen and oxygen atoms in total. The summed E-state index contributed by atoms with van der Waals surface area (Å²) in [7, 11) is 1.34. The van der Waals surface area contributed by atoms with Crippen LogP contribution in [0.1, 0.15) is 42.6 Å². The molecule has 1 aliphatic carbocycles. The van der Waals surface area contributed by atoms with Gasteiger partial charge in [0.2, 0.25) is 0 Å². The predicted molar refractivity (Wildman–Crippen MR) is 60.2 cm³/mol. The number of carbonyl (C=O) groups excluding carboxylic acids is 1. The zero-order valence-electron chi connectivity index (χ0n) is 9.86. The van der Waals surface area contributed by atoms with E-state index in [1.807, 2.05) is 11.5 Å². The van der Waals surface area contributed by atoms with Crippen LogP contribution in [0.25, 0.3) is 0 Å². The predicted octanol–water partition coefficient (Wildman–Crippen LogP) is 1.40. The van der Waals surface area contributed by atoms with Crippen molar-refractivity contribution in [1.29, 1.82) is 0 Å². The van der Waals surface area contributed by atoms with Gasteiger partial charge in [-0.05, 0) is 12.3 Å². The van der Waals surface area contributed by atoms with Crippen LogP contribution < -0.4 is 5.73 Å². The van der Waals surface area contributed by atoms with Gasteiger partial charge in [-0.2, -0.15) is 0 Å². The van der Waals surface area contributed by atoms with Gasteiger partial charge in [-0.15, -0.1) is 0 Å². The first-order valence-corrected chi connectivity index (χ1v) is 5.55. The molecule has 5 heteroatoms. The second-order valence-corrected chi connectivity index (χ2v) is 4.26. The highest BCUT2D eigenvalue weighted by Gasteiger charge is 2.38. The fourth-order valence-electron chi connectivity index (χ4n) is 2.02. The van der Waals surface area contributed by atoms with E-state index >= 15 is 0 Å². The number of nitrogens with two attached hydrogens (primary N) is 1. The number of aromatic nitrogens is 2. The van der Waals surface area contributed by atoms with E-state index in [9.17, 15) is 4.79 Å². The maximum atomic E-state index is 11.5. The summed E-state index contributed by atoms with van der Waals surface area (Å²) < 4.78 is 6.65. The quantitative estimate of drug-likeness (QED) is 0.786. The number of esters is 1. The third-order valence-electron chi connectivity index (χ3n) is 3.11. The van der Waals surface area contributed by atoms with E-state index in [0.717, 1.165) is 18.7 Å². The summed E-state index contributed by atoms with van der Waals surface area (Å²) in [4.78, 5) is 15.7. The highest BCUT2D eigenvalue weighted by atomic mass is 16.5. The molecule has 2 unspecified atom stereocenters. The molecular formula is C11H17N3O2. The van der Waals surface area contributed by atoms with E-state index in [1.54, 1.807) is 0 Å². The van der Waals surface area contributed by atoms with Crippen molar-refractivity contribution in [2.24, 2.45) is 5.92 Å². The van der Waals surface area contributed by atoms with Gasteiger partial charge in [-0.1, -0.05) is 13.8 Å². The Morgan fingerprint density at radius 1 is 1.69 bits per heavy atom. The van der Waals surface area contributed by atoms with Crippen molar-refractivity contribution in [3.63, 3.8) is 0 Å². The van der Waals surface area contributed by atoms with Gasteiger partial charge in [0.25, 0.3) is 0 Å². The van der Waals surface area contributed by atoms with Crippen molar-refractivity contribution < 1.29 is 9.53 Å². The Bertz CT molecular complexity index is 425. The molecule has 2 rings (SSSR count). The van der Waals surface area contributed by atoms with Gasteiger partial charge < -0.3 is 15.0 Å². The smallest absolute Gasteiger partial charge is 0.360 e. The van der Waals surface area contributed by atoms with E-state index in [1.165, 1.54) is 7.11 Å². The van der Waals surface area contributed by atoms with Crippen LogP contribution in [0.4, 0.5) is 5.82 Å². The van der Waals surface area contributed by atoms with E-state index in [-0.39, 0.29) is 5.69 Å². The van der Waals surface area contributed by atoms with E-state index in [0.29, 0.717) is 17.8 Å². The fraction of sp³-hybridized carbons (Fsp3) is 0.636. The molecule has 1 heterocycles. The standard InChI is InChI=1S/C11H17N3O2/c1-4-8-13-9(11(15)16-3)10(12)14(8)7-5-6(7)2/h6-7H,4-5,12H2,1-3H3. The SMILES string of the molecule is CCc1nc(C(=O)OC)c(N)n1C1CC1C. The molecule has 0 saturated heterocycles. The number of aryl methyl sites for hydroxylation is 1. The van der Waals surface area contributed by atoms with Crippen molar-refractivity contribution in [2.75, 3.05) is 12.8 Å². The maximum absolute atomic E-state index is 11.5. The molecule has 0 spiro atoms. The van der Waals surface area contributed by atoms with Crippen LogP contribution in [0.15, 0.2) is 0 Å². The summed E-state index contributed by atoms with van der Waals surface area (Å²) in [5.41, 5.74) is 6.21. The number of anilines is 1. The second kappa shape index (κ2) is 3.81. The van der Waals surface area contributed by atoms with Crippen LogP contribution in [-0.2, 0) is 11.2 Å². The molecule has 88 valence electrons. The van der Waals surface area contributed by atoms with Crippen LogP contribution >= 0.6 is 0 Å². The number of carbonyl (C=O) groups is 1. The first-order valence-electron chi connectivity index (χ1n) is 5.55. The van der Waals surface area contributed by atoms with Crippen molar-refractivity contribution in [3.8, 4) is 0 Å². The molecule has 2 atom stereocenters. The van der Waals surface area contributed by atoms with Crippen LogP contribution in [0.2, 0.25) is 0 Å². The minimum Gasteiger partial charge on any atom is -0.464 e. The van der Waals surface area contributed by atoms with Crippen molar-refractivity contribution in [1.82, 2.24) is 9.55 Å². The Kier molecular flexibility index (Phi) is 2.61. The summed E-state index contributed by atoms with van der Waals surface area (Å²) in [6, 6.07) is 0.404. The molecule has 1 aliphatic rings. The molecule has 0 aliphatic heterocycles. The van der Waals surface area contributed by atoms with Crippen molar-refractivity contribution >= 4 is 11.8 Å². The van der Waals surface area contributed by atoms with Gasteiger partial charge in [-0.3, -0.25) is 0 Å².